The fourth-order valence-electron chi connectivity index (χ4n) is 1.86. The second kappa shape index (κ2) is 5.80. The highest BCUT2D eigenvalue weighted by molar-refractivity contribution is 5.82. The Kier molecular flexibility index (Phi) is 4.91. The molecule has 0 aliphatic carbocycles. The predicted molar refractivity (Wildman–Crippen MR) is 69.8 cm³/mol. The topological polar surface area (TPSA) is 61.6 Å². The largest absolute Gasteiger partial charge is 0.354 e. The number of likely N-dealkylation sites (N-methyl/N-ethyl adjacent to an activating group) is 2. The molecule has 1 heterocycles. The lowest BCUT2D eigenvalue weighted by atomic mass is 9.92. The maximum Gasteiger partial charge on any atom is 0.226 e. The Morgan fingerprint density at radius 3 is 2.65 bits per heavy atom. The van der Waals surface area contributed by atoms with Crippen molar-refractivity contribution in [2.45, 2.75) is 19.9 Å². The Hall–Kier alpha value is -0.650. The van der Waals surface area contributed by atoms with E-state index in [1.54, 1.807) is 0 Å². The Morgan fingerprint density at radius 2 is 2.06 bits per heavy atom. The molecular weight excluding hydrogens is 216 g/mol. The number of carbonyl (C=O) groups excluding carboxylic acids is 1. The van der Waals surface area contributed by atoms with Gasteiger partial charge in [0, 0.05) is 38.8 Å². The molecule has 0 aromatic heterocycles. The quantitative estimate of drug-likeness (QED) is 0.686. The van der Waals surface area contributed by atoms with Gasteiger partial charge in [0.05, 0.1) is 5.41 Å². The number of piperazine rings is 1. The third kappa shape index (κ3) is 3.94. The van der Waals surface area contributed by atoms with Gasteiger partial charge in [-0.3, -0.25) is 9.69 Å². The fourth-order valence-corrected chi connectivity index (χ4v) is 1.86. The average molecular weight is 242 g/mol. The Labute approximate surface area is 104 Å². The first-order chi connectivity index (χ1) is 7.86. The van der Waals surface area contributed by atoms with Crippen molar-refractivity contribution in [2.24, 2.45) is 11.1 Å². The Bertz CT molecular complexity index is 267. The summed E-state index contributed by atoms with van der Waals surface area (Å²) in [6, 6.07) is 0.395. The smallest absolute Gasteiger partial charge is 0.226 e. The third-order valence-corrected chi connectivity index (χ3v) is 3.60. The van der Waals surface area contributed by atoms with Crippen LogP contribution < -0.4 is 11.1 Å². The van der Waals surface area contributed by atoms with E-state index in [1.165, 1.54) is 0 Å². The van der Waals surface area contributed by atoms with E-state index < -0.39 is 5.41 Å². The van der Waals surface area contributed by atoms with E-state index in [-0.39, 0.29) is 5.91 Å². The minimum Gasteiger partial charge on any atom is -0.354 e. The normalized spacial score (nSPS) is 23.7. The number of nitrogens with zero attached hydrogens (tertiary/aromatic N) is 2. The molecule has 1 amide bonds. The molecule has 0 spiro atoms. The maximum absolute atomic E-state index is 11.9. The highest BCUT2D eigenvalue weighted by atomic mass is 16.2. The van der Waals surface area contributed by atoms with Gasteiger partial charge in [0.1, 0.15) is 0 Å². The van der Waals surface area contributed by atoms with Crippen LogP contribution in [0.25, 0.3) is 0 Å². The molecular formula is C12H26N4O. The molecule has 0 aromatic rings. The SMILES string of the molecule is CN1CCN(C)C(CNC(=O)C(C)(C)CN)C1. The van der Waals surface area contributed by atoms with E-state index >= 15 is 0 Å². The van der Waals surface area contributed by atoms with Gasteiger partial charge in [-0.2, -0.15) is 0 Å². The lowest BCUT2D eigenvalue weighted by Gasteiger charge is -2.38. The van der Waals surface area contributed by atoms with Crippen LogP contribution >= 0.6 is 0 Å². The van der Waals surface area contributed by atoms with Crippen molar-refractivity contribution < 1.29 is 4.79 Å². The second-order valence-electron chi connectivity index (χ2n) is 5.69. The van der Waals surface area contributed by atoms with Crippen LogP contribution in [0, 0.1) is 5.41 Å². The van der Waals surface area contributed by atoms with Crippen molar-refractivity contribution in [2.75, 3.05) is 46.8 Å². The van der Waals surface area contributed by atoms with E-state index in [1.807, 2.05) is 13.8 Å². The summed E-state index contributed by atoms with van der Waals surface area (Å²) in [5.41, 5.74) is 5.11. The summed E-state index contributed by atoms with van der Waals surface area (Å²) in [6.07, 6.45) is 0. The molecule has 3 N–H and O–H groups in total. The molecule has 1 saturated heterocycles. The zero-order valence-electron chi connectivity index (χ0n) is 11.5. The summed E-state index contributed by atoms with van der Waals surface area (Å²) in [6.45, 7) is 7.97. The minimum atomic E-state index is -0.473. The lowest BCUT2D eigenvalue weighted by molar-refractivity contribution is -0.129. The summed E-state index contributed by atoms with van der Waals surface area (Å²) in [5.74, 6) is 0.0432. The molecule has 100 valence electrons. The molecule has 17 heavy (non-hydrogen) atoms. The van der Waals surface area contributed by atoms with Gasteiger partial charge in [-0.1, -0.05) is 0 Å². The number of nitrogens with one attached hydrogen (secondary N) is 1. The molecule has 1 atom stereocenters. The van der Waals surface area contributed by atoms with Crippen LogP contribution in [0.1, 0.15) is 13.8 Å². The van der Waals surface area contributed by atoms with Crippen LogP contribution in [0.4, 0.5) is 0 Å². The first kappa shape index (κ1) is 14.4. The van der Waals surface area contributed by atoms with Gasteiger partial charge in [0.2, 0.25) is 5.91 Å². The number of nitrogens with two attached hydrogens (primary N) is 1. The lowest BCUT2D eigenvalue weighted by Crippen LogP contribution is -2.55. The third-order valence-electron chi connectivity index (χ3n) is 3.60. The Balaban J connectivity index is 2.42. The summed E-state index contributed by atoms with van der Waals surface area (Å²) < 4.78 is 0. The molecule has 0 aromatic carbocycles. The van der Waals surface area contributed by atoms with E-state index in [4.69, 9.17) is 5.73 Å². The monoisotopic (exact) mass is 242 g/mol. The highest BCUT2D eigenvalue weighted by Gasteiger charge is 2.28. The minimum absolute atomic E-state index is 0.0432. The zero-order chi connectivity index (χ0) is 13.1. The molecule has 5 nitrogen and oxygen atoms in total. The number of hydrogen-bond donors (Lipinski definition) is 2. The van der Waals surface area contributed by atoms with Crippen LogP contribution in [0.15, 0.2) is 0 Å². The van der Waals surface area contributed by atoms with Gasteiger partial charge in [-0.05, 0) is 27.9 Å². The van der Waals surface area contributed by atoms with Crippen molar-refractivity contribution in [1.29, 1.82) is 0 Å². The molecule has 0 radical (unpaired) electrons. The maximum atomic E-state index is 11.9. The highest BCUT2D eigenvalue weighted by Crippen LogP contribution is 2.12. The van der Waals surface area contributed by atoms with Gasteiger partial charge in [-0.15, -0.1) is 0 Å². The summed E-state index contributed by atoms with van der Waals surface area (Å²) >= 11 is 0. The van der Waals surface area contributed by atoms with Crippen molar-refractivity contribution in [3.8, 4) is 0 Å². The van der Waals surface area contributed by atoms with Crippen LogP contribution in [-0.2, 0) is 4.79 Å². The fraction of sp³-hybridized carbons (Fsp3) is 0.917. The van der Waals surface area contributed by atoms with Crippen LogP contribution in [0.2, 0.25) is 0 Å². The van der Waals surface area contributed by atoms with Gasteiger partial charge < -0.3 is 16.0 Å². The van der Waals surface area contributed by atoms with Crippen molar-refractivity contribution >= 4 is 5.91 Å². The zero-order valence-corrected chi connectivity index (χ0v) is 11.5. The van der Waals surface area contributed by atoms with Crippen molar-refractivity contribution in [1.82, 2.24) is 15.1 Å². The summed E-state index contributed by atoms with van der Waals surface area (Å²) in [7, 11) is 4.23. The van der Waals surface area contributed by atoms with E-state index in [9.17, 15) is 4.79 Å². The van der Waals surface area contributed by atoms with Crippen molar-refractivity contribution in [3.05, 3.63) is 0 Å². The first-order valence-electron chi connectivity index (χ1n) is 6.24. The molecule has 1 aliphatic rings. The van der Waals surface area contributed by atoms with Gasteiger partial charge in [0.25, 0.3) is 0 Å². The first-order valence-corrected chi connectivity index (χ1v) is 6.24. The van der Waals surface area contributed by atoms with Crippen LogP contribution in [-0.4, -0.2) is 68.6 Å². The number of hydrogen-bond acceptors (Lipinski definition) is 4. The van der Waals surface area contributed by atoms with Gasteiger partial charge >= 0.3 is 0 Å². The summed E-state index contributed by atoms with van der Waals surface area (Å²) in [4.78, 5) is 16.5. The Morgan fingerprint density at radius 1 is 1.41 bits per heavy atom. The van der Waals surface area contributed by atoms with E-state index in [0.29, 0.717) is 19.1 Å². The van der Waals surface area contributed by atoms with Crippen molar-refractivity contribution in [3.63, 3.8) is 0 Å². The molecule has 1 fully saturated rings. The molecule has 1 rings (SSSR count). The second-order valence-corrected chi connectivity index (χ2v) is 5.69. The average Bonchev–Trinajstić information content (AvgIpc) is 2.29. The number of amides is 1. The number of carbonyl (C=O) groups is 1. The standard InChI is InChI=1S/C12H26N4O/c1-12(2,9-13)11(17)14-7-10-8-15(3)5-6-16(10)4/h10H,5-9,13H2,1-4H3,(H,14,17). The predicted octanol–water partition coefficient (Wildman–Crippen LogP) is -0.667. The molecule has 1 aliphatic heterocycles. The molecule has 0 saturated carbocycles. The molecule has 1 unspecified atom stereocenters. The van der Waals surface area contributed by atoms with Crippen LogP contribution in [0.3, 0.4) is 0 Å². The van der Waals surface area contributed by atoms with E-state index in [2.05, 4.69) is 29.2 Å². The van der Waals surface area contributed by atoms with E-state index in [0.717, 1.165) is 19.6 Å². The van der Waals surface area contributed by atoms with Gasteiger partial charge in [0.15, 0.2) is 0 Å². The number of rotatable bonds is 4. The van der Waals surface area contributed by atoms with Crippen LogP contribution in [0.5, 0.6) is 0 Å². The summed E-state index contributed by atoms with van der Waals surface area (Å²) in [5, 5.41) is 3.01. The van der Waals surface area contributed by atoms with Gasteiger partial charge in [-0.25, -0.2) is 0 Å². The molecule has 0 bridgehead atoms. The molecule has 5 heteroatoms.